The smallest absolute Gasteiger partial charge is 0.272 e. The molecule has 7 heteroatoms. The zero-order valence-electron chi connectivity index (χ0n) is 10.7. The van der Waals surface area contributed by atoms with Crippen LogP contribution in [0.4, 0.5) is 0 Å². The fourth-order valence-electron chi connectivity index (χ4n) is 1.33. The van der Waals surface area contributed by atoms with E-state index in [0.717, 1.165) is 0 Å². The topological polar surface area (TPSA) is 96.1 Å². The zero-order chi connectivity index (χ0) is 13.5. The highest BCUT2D eigenvalue weighted by molar-refractivity contribution is 6.04. The second-order valence-corrected chi connectivity index (χ2v) is 4.00. The number of hydrogen-bond donors (Lipinski definition) is 3. The lowest BCUT2D eigenvalue weighted by Gasteiger charge is -2.08. The molecule has 0 saturated heterocycles. The van der Waals surface area contributed by atoms with Crippen molar-refractivity contribution in [1.82, 2.24) is 20.6 Å². The molecule has 0 aliphatic heterocycles. The Morgan fingerprint density at radius 1 is 1.44 bits per heavy atom. The van der Waals surface area contributed by atoms with Gasteiger partial charge in [-0.1, -0.05) is 0 Å². The molecular formula is C11H18N4O3. The molecule has 1 rings (SSSR count). The molecule has 18 heavy (non-hydrogen) atoms. The van der Waals surface area contributed by atoms with Crippen molar-refractivity contribution in [2.45, 2.75) is 19.9 Å². The van der Waals surface area contributed by atoms with Gasteiger partial charge in [0.15, 0.2) is 5.69 Å². The summed E-state index contributed by atoms with van der Waals surface area (Å²) in [6.07, 6.45) is 1.32. The van der Waals surface area contributed by atoms with Crippen LogP contribution in [0.3, 0.4) is 0 Å². The van der Waals surface area contributed by atoms with E-state index in [1.165, 1.54) is 6.33 Å². The normalized spacial score (nSPS) is 10.4. The maximum atomic E-state index is 11.8. The first-order valence-electron chi connectivity index (χ1n) is 5.67. The van der Waals surface area contributed by atoms with Gasteiger partial charge in [-0.3, -0.25) is 9.59 Å². The molecule has 0 bridgehead atoms. The van der Waals surface area contributed by atoms with Crippen LogP contribution in [-0.2, 0) is 4.74 Å². The average Bonchev–Trinajstić information content (AvgIpc) is 2.77. The molecule has 2 amide bonds. The summed E-state index contributed by atoms with van der Waals surface area (Å²) in [5.41, 5.74) is 0.253. The number of aromatic nitrogens is 2. The number of hydrogen-bond acceptors (Lipinski definition) is 4. The molecule has 0 saturated carbocycles. The Kier molecular flexibility index (Phi) is 5.31. The van der Waals surface area contributed by atoms with E-state index < -0.39 is 0 Å². The predicted molar refractivity (Wildman–Crippen MR) is 65.4 cm³/mol. The number of nitrogens with zero attached hydrogens (tertiary/aromatic N) is 1. The number of methoxy groups -OCH3 is 1. The van der Waals surface area contributed by atoms with Crippen molar-refractivity contribution in [1.29, 1.82) is 0 Å². The van der Waals surface area contributed by atoms with E-state index in [1.54, 1.807) is 7.11 Å². The van der Waals surface area contributed by atoms with Gasteiger partial charge in [-0.15, -0.1) is 0 Å². The Morgan fingerprint density at radius 3 is 2.78 bits per heavy atom. The second-order valence-electron chi connectivity index (χ2n) is 4.00. The minimum absolute atomic E-state index is 0.0152. The van der Waals surface area contributed by atoms with E-state index in [1.807, 2.05) is 13.8 Å². The van der Waals surface area contributed by atoms with Gasteiger partial charge in [0.05, 0.1) is 12.9 Å². The highest BCUT2D eigenvalue weighted by Crippen LogP contribution is 2.03. The number of ether oxygens (including phenoxy) is 1. The van der Waals surface area contributed by atoms with Gasteiger partial charge in [-0.2, -0.15) is 0 Å². The van der Waals surface area contributed by atoms with Crippen molar-refractivity contribution in [3.05, 3.63) is 17.7 Å². The predicted octanol–water partition coefficient (Wildman–Crippen LogP) is -0.0759. The van der Waals surface area contributed by atoms with E-state index in [0.29, 0.717) is 13.2 Å². The number of carbonyl (C=O) groups is 2. The van der Waals surface area contributed by atoms with Crippen LogP contribution in [0.5, 0.6) is 0 Å². The zero-order valence-corrected chi connectivity index (χ0v) is 10.7. The number of nitrogens with one attached hydrogen (secondary N) is 3. The largest absolute Gasteiger partial charge is 0.383 e. The number of rotatable bonds is 6. The molecular weight excluding hydrogens is 236 g/mol. The number of aromatic amines is 1. The molecule has 1 aromatic heterocycles. The Bertz CT molecular complexity index is 414. The minimum atomic E-state index is -0.376. The second kappa shape index (κ2) is 6.75. The van der Waals surface area contributed by atoms with Crippen molar-refractivity contribution in [2.24, 2.45) is 0 Å². The monoisotopic (exact) mass is 254 g/mol. The Labute approximate surface area is 105 Å². The van der Waals surface area contributed by atoms with Crippen LogP contribution >= 0.6 is 0 Å². The van der Waals surface area contributed by atoms with Gasteiger partial charge in [0.25, 0.3) is 11.8 Å². The molecule has 1 aromatic rings. The van der Waals surface area contributed by atoms with Crippen LogP contribution in [0.1, 0.15) is 34.8 Å². The van der Waals surface area contributed by atoms with Crippen LogP contribution in [0.2, 0.25) is 0 Å². The van der Waals surface area contributed by atoms with Gasteiger partial charge in [0.1, 0.15) is 5.69 Å². The first-order chi connectivity index (χ1) is 8.56. The van der Waals surface area contributed by atoms with Gasteiger partial charge in [-0.05, 0) is 13.8 Å². The van der Waals surface area contributed by atoms with Gasteiger partial charge in [0.2, 0.25) is 0 Å². The van der Waals surface area contributed by atoms with Crippen LogP contribution in [-0.4, -0.2) is 48.1 Å². The first kappa shape index (κ1) is 14.2. The third kappa shape index (κ3) is 3.85. The Morgan fingerprint density at radius 2 is 2.17 bits per heavy atom. The molecule has 0 radical (unpaired) electrons. The lowest BCUT2D eigenvalue weighted by molar-refractivity contribution is 0.0900. The molecule has 0 aromatic carbocycles. The highest BCUT2D eigenvalue weighted by Gasteiger charge is 2.20. The molecule has 100 valence electrons. The third-order valence-electron chi connectivity index (χ3n) is 2.09. The molecule has 0 aliphatic rings. The SMILES string of the molecule is COCCNC(=O)c1[nH]cnc1C(=O)NC(C)C. The summed E-state index contributed by atoms with van der Waals surface area (Å²) in [5, 5.41) is 5.30. The molecule has 0 fully saturated rings. The lowest BCUT2D eigenvalue weighted by atomic mass is 10.2. The number of imidazole rings is 1. The van der Waals surface area contributed by atoms with E-state index in [4.69, 9.17) is 4.74 Å². The summed E-state index contributed by atoms with van der Waals surface area (Å²) in [7, 11) is 1.55. The quantitative estimate of drug-likeness (QED) is 0.619. The Balaban J connectivity index is 2.69. The highest BCUT2D eigenvalue weighted by atomic mass is 16.5. The summed E-state index contributed by atoms with van der Waals surface area (Å²) in [6.45, 7) is 4.46. The number of amides is 2. The van der Waals surface area contributed by atoms with E-state index in [-0.39, 0.29) is 29.2 Å². The molecule has 0 atom stereocenters. The molecule has 0 unspecified atom stereocenters. The standard InChI is InChI=1S/C11H18N4O3/c1-7(2)15-11(17)9-8(13-6-14-9)10(16)12-4-5-18-3/h6-7H,4-5H2,1-3H3,(H,12,16)(H,13,14)(H,15,17). The van der Waals surface area contributed by atoms with Crippen LogP contribution in [0.25, 0.3) is 0 Å². The summed E-state index contributed by atoms with van der Waals surface area (Å²) in [6, 6.07) is -0.0152. The summed E-state index contributed by atoms with van der Waals surface area (Å²) < 4.78 is 4.82. The molecule has 7 nitrogen and oxygen atoms in total. The number of carbonyl (C=O) groups excluding carboxylic acids is 2. The fraction of sp³-hybridized carbons (Fsp3) is 0.545. The van der Waals surface area contributed by atoms with Crippen molar-refractivity contribution in [3.63, 3.8) is 0 Å². The molecule has 3 N–H and O–H groups in total. The van der Waals surface area contributed by atoms with Crippen molar-refractivity contribution in [2.75, 3.05) is 20.3 Å². The van der Waals surface area contributed by atoms with Gasteiger partial charge in [0, 0.05) is 19.7 Å². The Hall–Kier alpha value is -1.89. The molecule has 0 spiro atoms. The van der Waals surface area contributed by atoms with Crippen LogP contribution in [0, 0.1) is 0 Å². The van der Waals surface area contributed by atoms with E-state index in [2.05, 4.69) is 20.6 Å². The molecule has 1 heterocycles. The average molecular weight is 254 g/mol. The van der Waals surface area contributed by atoms with Crippen LogP contribution < -0.4 is 10.6 Å². The number of H-pyrrole nitrogens is 1. The summed E-state index contributed by atoms with van der Waals surface area (Å²) in [4.78, 5) is 30.1. The van der Waals surface area contributed by atoms with Crippen molar-refractivity contribution >= 4 is 11.8 Å². The maximum absolute atomic E-state index is 11.8. The summed E-state index contributed by atoms with van der Waals surface area (Å²) in [5.74, 6) is -0.749. The van der Waals surface area contributed by atoms with Crippen LogP contribution in [0.15, 0.2) is 6.33 Å². The third-order valence-corrected chi connectivity index (χ3v) is 2.09. The van der Waals surface area contributed by atoms with E-state index >= 15 is 0 Å². The molecule has 0 aliphatic carbocycles. The minimum Gasteiger partial charge on any atom is -0.383 e. The fourth-order valence-corrected chi connectivity index (χ4v) is 1.33. The maximum Gasteiger partial charge on any atom is 0.272 e. The van der Waals surface area contributed by atoms with Gasteiger partial charge >= 0.3 is 0 Å². The lowest BCUT2D eigenvalue weighted by Crippen LogP contribution is -2.34. The van der Waals surface area contributed by atoms with Crippen molar-refractivity contribution in [3.8, 4) is 0 Å². The van der Waals surface area contributed by atoms with Crippen molar-refractivity contribution < 1.29 is 14.3 Å². The van der Waals surface area contributed by atoms with Gasteiger partial charge in [-0.25, -0.2) is 4.98 Å². The van der Waals surface area contributed by atoms with E-state index in [9.17, 15) is 9.59 Å². The first-order valence-corrected chi connectivity index (χ1v) is 5.67. The summed E-state index contributed by atoms with van der Waals surface area (Å²) >= 11 is 0. The van der Waals surface area contributed by atoms with Gasteiger partial charge < -0.3 is 20.4 Å².